The van der Waals surface area contributed by atoms with E-state index in [1.807, 2.05) is 0 Å². The molecule has 0 bridgehead atoms. The second kappa shape index (κ2) is 11.2. The maximum Gasteiger partial charge on any atom is 0.416 e. The number of alkyl halides is 3. The first-order valence-corrected chi connectivity index (χ1v) is 14.0. The summed E-state index contributed by atoms with van der Waals surface area (Å²) in [6.07, 6.45) is -3.91. The van der Waals surface area contributed by atoms with Crippen LogP contribution in [0, 0.1) is 11.7 Å². The van der Waals surface area contributed by atoms with Crippen LogP contribution < -0.4 is 10.2 Å². The van der Waals surface area contributed by atoms with Gasteiger partial charge in [-0.25, -0.2) is 17.6 Å². The molecule has 2 aliphatic heterocycles. The summed E-state index contributed by atoms with van der Waals surface area (Å²) in [7, 11) is -4.09. The van der Waals surface area contributed by atoms with E-state index in [9.17, 15) is 40.4 Å². The third kappa shape index (κ3) is 5.82. The third-order valence-electron chi connectivity index (χ3n) is 6.90. The average molecular weight is 585 g/mol. The molecule has 0 saturated carbocycles. The van der Waals surface area contributed by atoms with Gasteiger partial charge in [-0.1, -0.05) is 0 Å². The summed E-state index contributed by atoms with van der Waals surface area (Å²) >= 11 is 0. The number of nitrogens with zero attached hydrogens (tertiary/aromatic N) is 3. The number of rotatable bonds is 7. The lowest BCUT2D eigenvalue weighted by molar-refractivity contribution is -0.137. The second-order valence-corrected chi connectivity index (χ2v) is 11.8. The molecule has 2 atom stereocenters. The first-order valence-electron chi connectivity index (χ1n) is 12.6. The number of anilines is 1. The number of amides is 4. The number of halogens is 4. The van der Waals surface area contributed by atoms with Crippen LogP contribution in [-0.2, 0) is 25.8 Å². The first-order chi connectivity index (χ1) is 18.7. The smallest absolute Gasteiger partial charge is 0.354 e. The Kier molecular flexibility index (Phi) is 8.22. The summed E-state index contributed by atoms with van der Waals surface area (Å²) < 4.78 is 79.6. The molecule has 2 fully saturated rings. The highest BCUT2D eigenvalue weighted by atomic mass is 32.2. The predicted octanol–water partition coefficient (Wildman–Crippen LogP) is 3.61. The minimum atomic E-state index is -4.56. The topological polar surface area (TPSA) is 107 Å². The lowest BCUT2D eigenvalue weighted by atomic mass is 10.0. The Morgan fingerprint density at radius 1 is 1.05 bits per heavy atom. The lowest BCUT2D eigenvalue weighted by Crippen LogP contribution is -2.61. The van der Waals surface area contributed by atoms with Gasteiger partial charge in [0.1, 0.15) is 11.9 Å². The molecule has 2 heterocycles. The van der Waals surface area contributed by atoms with E-state index in [1.54, 1.807) is 13.8 Å². The number of sulfonamides is 1. The average Bonchev–Trinajstić information content (AvgIpc) is 3.39. The highest BCUT2D eigenvalue weighted by molar-refractivity contribution is 7.89. The zero-order valence-corrected chi connectivity index (χ0v) is 22.5. The zero-order chi connectivity index (χ0) is 29.4. The molecule has 1 N–H and O–H groups in total. The molecule has 216 valence electrons. The molecular weight excluding hydrogens is 556 g/mol. The van der Waals surface area contributed by atoms with Gasteiger partial charge in [0, 0.05) is 31.4 Å². The van der Waals surface area contributed by atoms with Gasteiger partial charge in [-0.2, -0.15) is 17.5 Å². The van der Waals surface area contributed by atoms with E-state index >= 15 is 0 Å². The van der Waals surface area contributed by atoms with Crippen molar-refractivity contribution in [3.05, 3.63) is 59.9 Å². The van der Waals surface area contributed by atoms with E-state index < -0.39 is 63.4 Å². The van der Waals surface area contributed by atoms with Gasteiger partial charge in [-0.05, 0) is 75.2 Å². The van der Waals surface area contributed by atoms with Crippen molar-refractivity contribution in [3.63, 3.8) is 0 Å². The maximum atomic E-state index is 13.3. The van der Waals surface area contributed by atoms with Crippen LogP contribution in [0.25, 0.3) is 0 Å². The van der Waals surface area contributed by atoms with E-state index in [0.29, 0.717) is 6.42 Å². The molecule has 2 aromatic rings. The quantitative estimate of drug-likeness (QED) is 0.501. The van der Waals surface area contributed by atoms with Crippen molar-refractivity contribution < 1.29 is 40.4 Å². The number of benzene rings is 2. The van der Waals surface area contributed by atoms with Gasteiger partial charge in [-0.15, -0.1) is 0 Å². The van der Waals surface area contributed by atoms with Gasteiger partial charge in [0.2, 0.25) is 21.8 Å². The highest BCUT2D eigenvalue weighted by Gasteiger charge is 2.43. The molecule has 2 aromatic carbocycles. The van der Waals surface area contributed by atoms with Crippen molar-refractivity contribution in [2.45, 2.75) is 49.8 Å². The molecule has 40 heavy (non-hydrogen) atoms. The maximum absolute atomic E-state index is 13.3. The van der Waals surface area contributed by atoms with E-state index in [2.05, 4.69) is 5.32 Å². The summed E-state index contributed by atoms with van der Waals surface area (Å²) in [4.78, 5) is 41.4. The summed E-state index contributed by atoms with van der Waals surface area (Å²) in [5.74, 6) is -2.74. The second-order valence-electron chi connectivity index (χ2n) is 9.91. The molecular formula is C26H28F4N4O5S. The summed E-state index contributed by atoms with van der Waals surface area (Å²) in [6, 6.07) is 5.89. The number of imide groups is 1. The van der Waals surface area contributed by atoms with Crippen molar-refractivity contribution in [1.29, 1.82) is 0 Å². The van der Waals surface area contributed by atoms with Crippen LogP contribution in [0.15, 0.2) is 53.4 Å². The standard InChI is InChI=1S/C26H28F4N4O5S/c1-16(2)34-24(36)17(15-32(25(34)37)20-9-5-18(6-10-20)26(28,29)30)14-31-23(35)22-4-3-13-33(22)40(38,39)21-11-7-19(27)8-12-21/h5-12,16-17,22H,3-4,13-15H2,1-2H3,(H,31,35)/t17?,22-/m0/s1. The van der Waals surface area contributed by atoms with Crippen LogP contribution in [0.1, 0.15) is 32.3 Å². The van der Waals surface area contributed by atoms with E-state index in [4.69, 9.17) is 0 Å². The summed E-state index contributed by atoms with van der Waals surface area (Å²) in [5, 5.41) is 2.62. The Morgan fingerprint density at radius 2 is 1.68 bits per heavy atom. The zero-order valence-electron chi connectivity index (χ0n) is 21.7. The molecule has 0 spiro atoms. The van der Waals surface area contributed by atoms with Gasteiger partial charge < -0.3 is 5.32 Å². The van der Waals surface area contributed by atoms with Crippen molar-refractivity contribution in [3.8, 4) is 0 Å². The molecule has 14 heteroatoms. The van der Waals surface area contributed by atoms with Gasteiger partial charge >= 0.3 is 12.2 Å². The Morgan fingerprint density at radius 3 is 2.25 bits per heavy atom. The molecule has 0 aliphatic carbocycles. The van der Waals surface area contributed by atoms with Gasteiger partial charge in [0.25, 0.3) is 0 Å². The van der Waals surface area contributed by atoms with E-state index in [-0.39, 0.29) is 36.6 Å². The van der Waals surface area contributed by atoms with Crippen molar-refractivity contribution in [2.75, 3.05) is 24.5 Å². The molecule has 2 aliphatic rings. The van der Waals surface area contributed by atoms with Crippen LogP contribution >= 0.6 is 0 Å². The number of carbonyl (C=O) groups is 3. The highest BCUT2D eigenvalue weighted by Crippen LogP contribution is 2.32. The minimum absolute atomic E-state index is 0.0808. The van der Waals surface area contributed by atoms with E-state index in [0.717, 1.165) is 57.7 Å². The monoisotopic (exact) mass is 584 g/mol. The molecule has 4 amide bonds. The summed E-state index contributed by atoms with van der Waals surface area (Å²) in [6.45, 7) is 2.87. The van der Waals surface area contributed by atoms with Gasteiger partial charge in [0.05, 0.1) is 16.4 Å². The van der Waals surface area contributed by atoms with Crippen LogP contribution in [0.3, 0.4) is 0 Å². The van der Waals surface area contributed by atoms with Crippen molar-refractivity contribution >= 4 is 33.6 Å². The van der Waals surface area contributed by atoms with Crippen LogP contribution in [0.4, 0.5) is 28.0 Å². The number of urea groups is 1. The number of carbonyl (C=O) groups excluding carboxylic acids is 3. The SMILES string of the molecule is CC(C)N1C(=O)C(CNC(=O)[C@@H]2CCCN2S(=O)(=O)c2ccc(F)cc2)CN(c2ccc(C(F)(F)F)cc2)C1=O. The fourth-order valence-electron chi connectivity index (χ4n) is 4.84. The Labute approximate surface area is 228 Å². The van der Waals surface area contributed by atoms with Crippen LogP contribution in [0.2, 0.25) is 0 Å². The van der Waals surface area contributed by atoms with E-state index in [1.165, 1.54) is 4.90 Å². The molecule has 9 nitrogen and oxygen atoms in total. The molecule has 2 saturated heterocycles. The summed E-state index contributed by atoms with van der Waals surface area (Å²) in [5.41, 5.74) is -0.738. The molecule has 1 unspecified atom stereocenters. The first kappa shape index (κ1) is 29.5. The molecule has 4 rings (SSSR count). The molecule has 0 aromatic heterocycles. The fourth-order valence-corrected chi connectivity index (χ4v) is 6.50. The van der Waals surface area contributed by atoms with Gasteiger partial charge in [0.15, 0.2) is 0 Å². The van der Waals surface area contributed by atoms with Crippen LogP contribution in [-0.4, -0.2) is 67.2 Å². The minimum Gasteiger partial charge on any atom is -0.354 e. The lowest BCUT2D eigenvalue weighted by Gasteiger charge is -2.40. The van der Waals surface area contributed by atoms with Crippen LogP contribution in [0.5, 0.6) is 0 Å². The predicted molar refractivity (Wildman–Crippen MR) is 136 cm³/mol. The number of hydrogen-bond donors (Lipinski definition) is 1. The Balaban J connectivity index is 1.50. The number of hydrogen-bond acceptors (Lipinski definition) is 5. The molecule has 0 radical (unpaired) electrons. The normalized spacial score (nSPS) is 20.9. The third-order valence-corrected chi connectivity index (χ3v) is 8.82. The van der Waals surface area contributed by atoms with Gasteiger partial charge in [-0.3, -0.25) is 19.4 Å². The Hall–Kier alpha value is -3.52. The largest absolute Gasteiger partial charge is 0.416 e. The fraction of sp³-hybridized carbons (Fsp3) is 0.423. The number of nitrogens with one attached hydrogen (secondary N) is 1. The van der Waals surface area contributed by atoms with Crippen molar-refractivity contribution in [1.82, 2.24) is 14.5 Å². The Bertz CT molecular complexity index is 1380. The van der Waals surface area contributed by atoms with Crippen molar-refractivity contribution in [2.24, 2.45) is 5.92 Å².